The summed E-state index contributed by atoms with van der Waals surface area (Å²) in [6.07, 6.45) is -4.43. The number of alkyl halides is 3. The molecule has 7 nitrogen and oxygen atoms in total. The van der Waals surface area contributed by atoms with Crippen LogP contribution in [0.5, 0.6) is 0 Å². The smallest absolute Gasteiger partial charge is 0.368 e. The van der Waals surface area contributed by atoms with Crippen molar-refractivity contribution in [2.24, 2.45) is 0 Å². The van der Waals surface area contributed by atoms with Gasteiger partial charge in [0.05, 0.1) is 10.8 Å². The molecule has 0 bridgehead atoms. The minimum absolute atomic E-state index is 0.0815. The van der Waals surface area contributed by atoms with Gasteiger partial charge in [-0.25, -0.2) is 5.10 Å². The van der Waals surface area contributed by atoms with Crippen LogP contribution >= 0.6 is 11.8 Å². The number of hydrogen-bond donors (Lipinski definition) is 2. The van der Waals surface area contributed by atoms with Crippen molar-refractivity contribution >= 4 is 17.7 Å². The fourth-order valence-corrected chi connectivity index (χ4v) is 2.63. The van der Waals surface area contributed by atoms with Crippen LogP contribution in [0.25, 0.3) is 11.4 Å². The van der Waals surface area contributed by atoms with Crippen LogP contribution in [0.3, 0.4) is 0 Å². The molecule has 0 aliphatic heterocycles. The highest BCUT2D eigenvalue weighted by Gasteiger charge is 2.31. The van der Waals surface area contributed by atoms with Crippen molar-refractivity contribution in [1.82, 2.24) is 25.3 Å². The van der Waals surface area contributed by atoms with Crippen molar-refractivity contribution in [3.8, 4) is 11.4 Å². The lowest BCUT2D eigenvalue weighted by molar-refractivity contribution is -0.137. The van der Waals surface area contributed by atoms with Gasteiger partial charge >= 0.3 is 6.18 Å². The number of H-pyrrole nitrogens is 1. The maximum absolute atomic E-state index is 12.8. The number of benzene rings is 1. The zero-order valence-corrected chi connectivity index (χ0v) is 13.0. The quantitative estimate of drug-likeness (QED) is 0.691. The summed E-state index contributed by atoms with van der Waals surface area (Å²) in [4.78, 5) is 8.08. The zero-order valence-electron chi connectivity index (χ0n) is 12.2. The van der Waals surface area contributed by atoms with Crippen LogP contribution in [-0.4, -0.2) is 25.3 Å². The van der Waals surface area contributed by atoms with E-state index in [4.69, 9.17) is 10.3 Å². The van der Waals surface area contributed by atoms with E-state index in [1.54, 1.807) is 6.92 Å². The Balaban J connectivity index is 1.80. The minimum atomic E-state index is -4.43. The Bertz CT molecular complexity index is 846. The van der Waals surface area contributed by atoms with Gasteiger partial charge in [-0.2, -0.15) is 23.1 Å². The lowest BCUT2D eigenvalue weighted by Crippen LogP contribution is -2.04. The van der Waals surface area contributed by atoms with E-state index < -0.39 is 11.7 Å². The number of nitrogens with two attached hydrogens (primary N) is 1. The van der Waals surface area contributed by atoms with E-state index in [1.165, 1.54) is 23.9 Å². The van der Waals surface area contributed by atoms with Crippen LogP contribution in [-0.2, 0) is 6.18 Å². The van der Waals surface area contributed by atoms with Gasteiger partial charge in [-0.3, -0.25) is 0 Å². The van der Waals surface area contributed by atoms with E-state index in [0.717, 1.165) is 12.1 Å². The van der Waals surface area contributed by atoms with E-state index >= 15 is 0 Å². The predicted octanol–water partition coefficient (Wildman–Crippen LogP) is 3.31. The summed E-state index contributed by atoms with van der Waals surface area (Å²) in [5.41, 5.74) is 4.88. The number of rotatable bonds is 4. The first kappa shape index (κ1) is 16.3. The van der Waals surface area contributed by atoms with E-state index in [9.17, 15) is 13.2 Å². The standard InChI is InChI=1S/C13H11F3N6OS/c1-6(24-12-19-11(17)20-21-12)10-18-9(22-23-10)7-3-2-4-8(5-7)13(14,15)16/h2-6H,1H3,(H3,17,19,20,21). The first-order valence-electron chi connectivity index (χ1n) is 6.68. The average Bonchev–Trinajstić information content (AvgIpc) is 3.16. The molecule has 126 valence electrons. The van der Waals surface area contributed by atoms with Crippen molar-refractivity contribution in [2.45, 2.75) is 23.5 Å². The van der Waals surface area contributed by atoms with Gasteiger partial charge in [0.25, 0.3) is 0 Å². The topological polar surface area (TPSA) is 107 Å². The van der Waals surface area contributed by atoms with Crippen LogP contribution in [0.2, 0.25) is 0 Å². The number of nitrogen functional groups attached to an aromatic ring is 1. The number of hydrogen-bond acceptors (Lipinski definition) is 7. The van der Waals surface area contributed by atoms with E-state index in [1.807, 2.05) is 0 Å². The fourth-order valence-electron chi connectivity index (χ4n) is 1.87. The maximum Gasteiger partial charge on any atom is 0.416 e. The van der Waals surface area contributed by atoms with Crippen LogP contribution in [0.1, 0.15) is 23.6 Å². The van der Waals surface area contributed by atoms with Crippen molar-refractivity contribution in [1.29, 1.82) is 0 Å². The number of nitrogens with one attached hydrogen (secondary N) is 1. The van der Waals surface area contributed by atoms with Gasteiger partial charge in [-0.05, 0) is 19.1 Å². The van der Waals surface area contributed by atoms with Crippen molar-refractivity contribution in [3.05, 3.63) is 35.7 Å². The zero-order chi connectivity index (χ0) is 17.3. The monoisotopic (exact) mass is 356 g/mol. The highest BCUT2D eigenvalue weighted by molar-refractivity contribution is 7.99. The van der Waals surface area contributed by atoms with Gasteiger partial charge in [-0.15, -0.1) is 5.10 Å². The predicted molar refractivity (Wildman–Crippen MR) is 79.8 cm³/mol. The molecule has 1 atom stereocenters. The highest BCUT2D eigenvalue weighted by Crippen LogP contribution is 2.34. The summed E-state index contributed by atoms with van der Waals surface area (Å²) in [6, 6.07) is 4.74. The number of thioether (sulfide) groups is 1. The Morgan fingerprint density at radius 3 is 2.75 bits per heavy atom. The average molecular weight is 356 g/mol. The summed E-state index contributed by atoms with van der Waals surface area (Å²) < 4.78 is 43.4. The first-order valence-corrected chi connectivity index (χ1v) is 7.56. The third-order valence-corrected chi connectivity index (χ3v) is 3.95. The number of halogens is 3. The second-order valence-electron chi connectivity index (χ2n) is 4.80. The Morgan fingerprint density at radius 2 is 2.08 bits per heavy atom. The number of aromatic amines is 1. The lowest BCUT2D eigenvalue weighted by atomic mass is 10.1. The highest BCUT2D eigenvalue weighted by atomic mass is 32.2. The fraction of sp³-hybridized carbons (Fsp3) is 0.231. The Hall–Kier alpha value is -2.56. The molecule has 0 amide bonds. The Morgan fingerprint density at radius 1 is 1.29 bits per heavy atom. The molecule has 11 heteroatoms. The molecule has 0 saturated carbocycles. The number of anilines is 1. The van der Waals surface area contributed by atoms with Gasteiger partial charge in [-0.1, -0.05) is 29.1 Å². The SMILES string of the molecule is CC(Sc1n[nH]c(N)n1)c1nc(-c2cccc(C(F)(F)F)c2)no1. The maximum atomic E-state index is 12.8. The summed E-state index contributed by atoms with van der Waals surface area (Å²) in [5.74, 6) is 0.508. The Labute approximate surface area is 137 Å². The van der Waals surface area contributed by atoms with Gasteiger partial charge in [0.2, 0.25) is 22.8 Å². The van der Waals surface area contributed by atoms with Crippen molar-refractivity contribution in [2.75, 3.05) is 5.73 Å². The summed E-state index contributed by atoms with van der Waals surface area (Å²) in [7, 11) is 0. The van der Waals surface area contributed by atoms with E-state index in [0.29, 0.717) is 5.16 Å². The van der Waals surface area contributed by atoms with E-state index in [-0.39, 0.29) is 28.5 Å². The molecule has 3 rings (SSSR count). The van der Waals surface area contributed by atoms with Crippen molar-refractivity contribution in [3.63, 3.8) is 0 Å². The molecule has 0 spiro atoms. The third-order valence-electron chi connectivity index (χ3n) is 3.00. The molecular weight excluding hydrogens is 345 g/mol. The van der Waals surface area contributed by atoms with Gasteiger partial charge in [0, 0.05) is 5.56 Å². The molecule has 0 saturated heterocycles. The van der Waals surface area contributed by atoms with Gasteiger partial charge in [0.15, 0.2) is 0 Å². The van der Waals surface area contributed by atoms with E-state index in [2.05, 4.69) is 25.3 Å². The third kappa shape index (κ3) is 3.50. The number of nitrogens with zero attached hydrogens (tertiary/aromatic N) is 4. The van der Waals surface area contributed by atoms with Crippen LogP contribution in [0.4, 0.5) is 19.1 Å². The molecule has 2 heterocycles. The van der Waals surface area contributed by atoms with Gasteiger partial charge < -0.3 is 10.3 Å². The summed E-state index contributed by atoms with van der Waals surface area (Å²) in [5, 5.41) is 10.2. The van der Waals surface area contributed by atoms with Crippen LogP contribution in [0.15, 0.2) is 33.9 Å². The summed E-state index contributed by atoms with van der Waals surface area (Å²) >= 11 is 1.22. The van der Waals surface area contributed by atoms with Crippen molar-refractivity contribution < 1.29 is 17.7 Å². The molecular formula is C13H11F3N6OS. The normalized spacial score (nSPS) is 13.2. The molecule has 0 radical (unpaired) electrons. The molecule has 0 aliphatic carbocycles. The summed E-state index contributed by atoms with van der Waals surface area (Å²) in [6.45, 7) is 1.78. The molecule has 0 fully saturated rings. The van der Waals surface area contributed by atoms with Crippen LogP contribution < -0.4 is 5.73 Å². The number of aromatic nitrogens is 5. The van der Waals surface area contributed by atoms with Gasteiger partial charge in [0.1, 0.15) is 0 Å². The largest absolute Gasteiger partial charge is 0.416 e. The first-order chi connectivity index (χ1) is 11.3. The molecule has 24 heavy (non-hydrogen) atoms. The second-order valence-corrected chi connectivity index (χ2v) is 6.11. The van der Waals surface area contributed by atoms with Crippen LogP contribution in [0, 0.1) is 0 Å². The molecule has 0 aliphatic rings. The minimum Gasteiger partial charge on any atom is -0.368 e. The molecule has 1 aromatic carbocycles. The Kier molecular flexibility index (Phi) is 4.18. The molecule has 1 unspecified atom stereocenters. The second kappa shape index (κ2) is 6.15. The lowest BCUT2D eigenvalue weighted by Gasteiger charge is -2.06. The molecule has 3 N–H and O–H groups in total. The molecule has 2 aromatic heterocycles. The molecule has 3 aromatic rings.